The molecule has 0 saturated carbocycles. The van der Waals surface area contributed by atoms with Gasteiger partial charge in [-0.2, -0.15) is 4.80 Å². The Labute approximate surface area is 148 Å². The third kappa shape index (κ3) is 4.20. The van der Waals surface area contributed by atoms with Crippen LogP contribution in [0.4, 0.5) is 0 Å². The van der Waals surface area contributed by atoms with Gasteiger partial charge in [-0.15, -0.1) is 10.2 Å². The lowest BCUT2D eigenvalue weighted by molar-refractivity contribution is -0.122. The standard InChI is InChI=1S/C17H16N6O3/c1-26-14-9-5-8-13(10-14)17(25)20-18-15(24)11-23-21-16(19-22-23)12-6-3-2-4-7-12/h2-10H,11H2,1H3,(H,18,24)(H,20,25). The zero-order valence-electron chi connectivity index (χ0n) is 13.9. The van der Waals surface area contributed by atoms with E-state index >= 15 is 0 Å². The first kappa shape index (κ1) is 17.1. The zero-order valence-corrected chi connectivity index (χ0v) is 13.9. The molecule has 1 heterocycles. The number of rotatable bonds is 5. The minimum Gasteiger partial charge on any atom is -0.497 e. The van der Waals surface area contributed by atoms with E-state index in [-0.39, 0.29) is 6.54 Å². The molecule has 132 valence electrons. The van der Waals surface area contributed by atoms with Crippen molar-refractivity contribution < 1.29 is 14.3 Å². The molecule has 2 aromatic carbocycles. The predicted octanol–water partition coefficient (Wildman–Crippen LogP) is 0.810. The molecule has 0 bridgehead atoms. The summed E-state index contributed by atoms with van der Waals surface area (Å²) < 4.78 is 5.05. The molecule has 0 aliphatic heterocycles. The third-order valence-corrected chi connectivity index (χ3v) is 3.42. The Balaban J connectivity index is 1.54. The van der Waals surface area contributed by atoms with Crippen LogP contribution in [0.2, 0.25) is 0 Å². The SMILES string of the molecule is COc1cccc(C(=O)NNC(=O)Cn2nnc(-c3ccccc3)n2)c1. The summed E-state index contributed by atoms with van der Waals surface area (Å²) in [5.41, 5.74) is 5.79. The van der Waals surface area contributed by atoms with Gasteiger partial charge < -0.3 is 4.74 Å². The van der Waals surface area contributed by atoms with E-state index in [1.54, 1.807) is 24.3 Å². The number of hydrogen-bond donors (Lipinski definition) is 2. The number of aromatic nitrogens is 4. The number of tetrazole rings is 1. The number of amides is 2. The number of methoxy groups -OCH3 is 1. The predicted molar refractivity (Wildman–Crippen MR) is 91.9 cm³/mol. The van der Waals surface area contributed by atoms with Gasteiger partial charge in [0.15, 0.2) is 0 Å². The normalized spacial score (nSPS) is 10.2. The van der Waals surface area contributed by atoms with Gasteiger partial charge in [0, 0.05) is 11.1 Å². The van der Waals surface area contributed by atoms with Crippen LogP contribution in [0.15, 0.2) is 54.6 Å². The summed E-state index contributed by atoms with van der Waals surface area (Å²) in [5.74, 6) is 0.00933. The van der Waals surface area contributed by atoms with Crippen LogP contribution in [-0.2, 0) is 11.3 Å². The number of carbonyl (C=O) groups excluding carboxylic acids is 2. The Morgan fingerprint density at radius 2 is 1.88 bits per heavy atom. The molecule has 0 spiro atoms. The van der Waals surface area contributed by atoms with Gasteiger partial charge in [-0.05, 0) is 23.4 Å². The molecule has 0 radical (unpaired) electrons. The maximum absolute atomic E-state index is 12.0. The first-order chi connectivity index (χ1) is 12.7. The maximum atomic E-state index is 12.0. The van der Waals surface area contributed by atoms with Gasteiger partial charge >= 0.3 is 0 Å². The van der Waals surface area contributed by atoms with Gasteiger partial charge in [-0.1, -0.05) is 36.4 Å². The van der Waals surface area contributed by atoms with E-state index in [9.17, 15) is 9.59 Å². The van der Waals surface area contributed by atoms with Crippen molar-refractivity contribution in [2.24, 2.45) is 0 Å². The highest BCUT2D eigenvalue weighted by Crippen LogP contribution is 2.12. The van der Waals surface area contributed by atoms with Gasteiger partial charge in [0.1, 0.15) is 12.3 Å². The van der Waals surface area contributed by atoms with Crippen LogP contribution in [0.5, 0.6) is 5.75 Å². The highest BCUT2D eigenvalue weighted by Gasteiger charge is 2.11. The van der Waals surface area contributed by atoms with Crippen molar-refractivity contribution in [2.75, 3.05) is 7.11 Å². The Hall–Kier alpha value is -3.75. The van der Waals surface area contributed by atoms with E-state index in [0.717, 1.165) is 10.4 Å². The first-order valence-corrected chi connectivity index (χ1v) is 7.72. The number of hydrogen-bond acceptors (Lipinski definition) is 6. The minimum absolute atomic E-state index is 0.182. The van der Waals surface area contributed by atoms with Crippen LogP contribution < -0.4 is 15.6 Å². The Morgan fingerprint density at radius 1 is 1.08 bits per heavy atom. The minimum atomic E-state index is -0.488. The zero-order chi connectivity index (χ0) is 18.4. The van der Waals surface area contributed by atoms with Crippen LogP contribution in [0.25, 0.3) is 11.4 Å². The molecule has 3 rings (SSSR count). The molecule has 0 aliphatic carbocycles. The topological polar surface area (TPSA) is 111 Å². The van der Waals surface area contributed by atoms with Crippen molar-refractivity contribution in [2.45, 2.75) is 6.54 Å². The number of ether oxygens (including phenoxy) is 1. The number of carbonyl (C=O) groups is 2. The van der Waals surface area contributed by atoms with Crippen molar-refractivity contribution in [3.8, 4) is 17.1 Å². The number of nitrogens with one attached hydrogen (secondary N) is 2. The quantitative estimate of drug-likeness (QED) is 0.658. The first-order valence-electron chi connectivity index (χ1n) is 7.72. The second kappa shape index (κ2) is 7.88. The Kier molecular flexibility index (Phi) is 5.18. The van der Waals surface area contributed by atoms with Crippen LogP contribution in [0.1, 0.15) is 10.4 Å². The molecule has 0 saturated heterocycles. The van der Waals surface area contributed by atoms with Gasteiger partial charge in [0.25, 0.3) is 11.8 Å². The summed E-state index contributed by atoms with van der Waals surface area (Å²) in [6.45, 7) is -0.182. The lowest BCUT2D eigenvalue weighted by atomic mass is 10.2. The Bertz CT molecular complexity index is 910. The Morgan fingerprint density at radius 3 is 2.65 bits per heavy atom. The largest absolute Gasteiger partial charge is 0.497 e. The smallest absolute Gasteiger partial charge is 0.269 e. The molecule has 9 heteroatoms. The molecule has 1 aromatic heterocycles. The molecule has 2 N–H and O–H groups in total. The lowest BCUT2D eigenvalue weighted by Crippen LogP contribution is -2.43. The number of hydrazine groups is 1. The van der Waals surface area contributed by atoms with Crippen molar-refractivity contribution in [3.05, 3.63) is 60.2 Å². The van der Waals surface area contributed by atoms with Crippen LogP contribution in [0.3, 0.4) is 0 Å². The van der Waals surface area contributed by atoms with Crippen LogP contribution in [0, 0.1) is 0 Å². The average Bonchev–Trinajstić information content (AvgIpc) is 3.15. The van der Waals surface area contributed by atoms with Gasteiger partial charge in [-0.3, -0.25) is 20.4 Å². The van der Waals surface area contributed by atoms with Crippen molar-refractivity contribution in [1.82, 2.24) is 31.1 Å². The van der Waals surface area contributed by atoms with Crippen molar-refractivity contribution >= 4 is 11.8 Å². The van der Waals surface area contributed by atoms with E-state index in [1.165, 1.54) is 7.11 Å². The molecule has 2 amide bonds. The molecular weight excluding hydrogens is 336 g/mol. The lowest BCUT2D eigenvalue weighted by Gasteiger charge is -2.07. The summed E-state index contributed by atoms with van der Waals surface area (Å²) in [4.78, 5) is 25.1. The molecular formula is C17H16N6O3. The summed E-state index contributed by atoms with van der Waals surface area (Å²) >= 11 is 0. The molecule has 9 nitrogen and oxygen atoms in total. The van der Waals surface area contributed by atoms with Crippen molar-refractivity contribution in [3.63, 3.8) is 0 Å². The number of benzene rings is 2. The second-order valence-corrected chi connectivity index (χ2v) is 5.24. The fraction of sp³-hybridized carbons (Fsp3) is 0.118. The third-order valence-electron chi connectivity index (χ3n) is 3.42. The molecule has 0 fully saturated rings. The van der Waals surface area contributed by atoms with E-state index in [1.807, 2.05) is 30.3 Å². The van der Waals surface area contributed by atoms with Crippen LogP contribution in [-0.4, -0.2) is 39.1 Å². The average molecular weight is 352 g/mol. The molecule has 26 heavy (non-hydrogen) atoms. The van der Waals surface area contributed by atoms with E-state index < -0.39 is 11.8 Å². The van der Waals surface area contributed by atoms with E-state index in [2.05, 4.69) is 26.3 Å². The highest BCUT2D eigenvalue weighted by atomic mass is 16.5. The summed E-state index contributed by atoms with van der Waals surface area (Å²) in [6, 6.07) is 15.9. The highest BCUT2D eigenvalue weighted by molar-refractivity contribution is 5.95. The number of nitrogens with zero attached hydrogens (tertiary/aromatic N) is 4. The van der Waals surface area contributed by atoms with Gasteiger partial charge in [0.05, 0.1) is 7.11 Å². The molecule has 0 atom stereocenters. The van der Waals surface area contributed by atoms with E-state index in [4.69, 9.17) is 4.74 Å². The summed E-state index contributed by atoms with van der Waals surface area (Å²) in [5, 5.41) is 11.9. The second-order valence-electron chi connectivity index (χ2n) is 5.24. The molecule has 0 unspecified atom stereocenters. The summed E-state index contributed by atoms with van der Waals surface area (Å²) in [7, 11) is 1.51. The summed E-state index contributed by atoms with van der Waals surface area (Å²) in [6.07, 6.45) is 0. The monoisotopic (exact) mass is 352 g/mol. The van der Waals surface area contributed by atoms with Crippen LogP contribution >= 0.6 is 0 Å². The van der Waals surface area contributed by atoms with E-state index in [0.29, 0.717) is 17.1 Å². The molecule has 3 aromatic rings. The van der Waals surface area contributed by atoms with Gasteiger partial charge in [-0.25, -0.2) is 0 Å². The fourth-order valence-corrected chi connectivity index (χ4v) is 2.14. The van der Waals surface area contributed by atoms with Gasteiger partial charge in [0.2, 0.25) is 5.82 Å². The maximum Gasteiger partial charge on any atom is 0.269 e. The fourth-order valence-electron chi connectivity index (χ4n) is 2.14. The molecule has 0 aliphatic rings. The van der Waals surface area contributed by atoms with Crippen molar-refractivity contribution in [1.29, 1.82) is 0 Å².